The van der Waals surface area contributed by atoms with Gasteiger partial charge in [0.05, 0.1) is 5.69 Å². The number of hydrogen-bond acceptors (Lipinski definition) is 4. The first kappa shape index (κ1) is 12.0. The number of hydrogen-bond donors (Lipinski definition) is 1. The third kappa shape index (κ3) is 2.01. The molecule has 0 bridgehead atoms. The normalized spacial score (nSPS) is 14.7. The van der Waals surface area contributed by atoms with Gasteiger partial charge in [-0.3, -0.25) is 0 Å². The Morgan fingerprint density at radius 1 is 1.30 bits per heavy atom. The van der Waals surface area contributed by atoms with E-state index in [4.69, 9.17) is 0 Å². The molecule has 0 radical (unpaired) electrons. The molecular weight excluding hydrogens is 275 g/mol. The molecule has 0 unspecified atom stereocenters. The van der Waals surface area contributed by atoms with Crippen molar-refractivity contribution in [3.8, 4) is 0 Å². The van der Waals surface area contributed by atoms with Crippen LogP contribution in [0.4, 0.5) is 4.39 Å². The van der Waals surface area contributed by atoms with Crippen LogP contribution >= 0.6 is 11.3 Å². The Morgan fingerprint density at radius 3 is 3.00 bits per heavy atom. The third-order valence-electron chi connectivity index (χ3n) is 3.51. The zero-order chi connectivity index (χ0) is 13.5. The van der Waals surface area contributed by atoms with Gasteiger partial charge in [-0.05, 0) is 17.7 Å². The first-order valence-corrected chi connectivity index (χ1v) is 7.42. The summed E-state index contributed by atoms with van der Waals surface area (Å²) in [6.45, 7) is 1.91. The molecule has 6 heteroatoms. The topological polar surface area (TPSA) is 42.2 Å². The molecule has 4 nitrogen and oxygen atoms in total. The predicted octanol–water partition coefficient (Wildman–Crippen LogP) is 2.17. The van der Waals surface area contributed by atoms with Crippen molar-refractivity contribution in [1.82, 2.24) is 19.9 Å². The van der Waals surface area contributed by atoms with Crippen LogP contribution < -0.4 is 5.32 Å². The summed E-state index contributed by atoms with van der Waals surface area (Å²) in [6, 6.07) is 6.51. The van der Waals surface area contributed by atoms with E-state index >= 15 is 0 Å². The van der Waals surface area contributed by atoms with Gasteiger partial charge in [-0.2, -0.15) is 0 Å². The van der Waals surface area contributed by atoms with Crippen LogP contribution in [0.3, 0.4) is 0 Å². The van der Waals surface area contributed by atoms with Crippen molar-refractivity contribution < 1.29 is 4.39 Å². The Morgan fingerprint density at radius 2 is 2.15 bits per heavy atom. The minimum Gasteiger partial charge on any atom is -0.311 e. The van der Waals surface area contributed by atoms with Gasteiger partial charge in [0.1, 0.15) is 5.82 Å². The van der Waals surface area contributed by atoms with Gasteiger partial charge in [-0.15, -0.1) is 5.10 Å². The van der Waals surface area contributed by atoms with E-state index < -0.39 is 0 Å². The van der Waals surface area contributed by atoms with E-state index in [9.17, 15) is 4.39 Å². The molecule has 0 spiro atoms. The molecule has 3 heterocycles. The van der Waals surface area contributed by atoms with Gasteiger partial charge in [0, 0.05) is 30.8 Å². The van der Waals surface area contributed by atoms with E-state index in [1.807, 2.05) is 4.52 Å². The molecule has 1 N–H and O–H groups in total. The van der Waals surface area contributed by atoms with E-state index in [1.165, 1.54) is 22.7 Å². The van der Waals surface area contributed by atoms with Gasteiger partial charge in [-0.1, -0.05) is 23.5 Å². The van der Waals surface area contributed by atoms with Crippen LogP contribution in [0.15, 0.2) is 24.3 Å². The number of nitrogens with zero attached hydrogens (tertiary/aromatic N) is 3. The minimum atomic E-state index is -0.214. The molecule has 2 aromatic heterocycles. The Kier molecular flexibility index (Phi) is 2.78. The maximum absolute atomic E-state index is 12.9. The fourth-order valence-corrected chi connectivity index (χ4v) is 3.61. The number of benzene rings is 1. The maximum atomic E-state index is 12.9. The number of rotatable bonds is 2. The summed E-state index contributed by atoms with van der Waals surface area (Å²) in [5.41, 5.74) is 2.31. The number of nitrogens with one attached hydrogen (secondary N) is 1. The second-order valence-electron chi connectivity index (χ2n) is 4.92. The van der Waals surface area contributed by atoms with Crippen molar-refractivity contribution in [3.05, 3.63) is 52.0 Å². The zero-order valence-corrected chi connectivity index (χ0v) is 11.6. The van der Waals surface area contributed by atoms with E-state index in [2.05, 4.69) is 15.4 Å². The highest BCUT2D eigenvalue weighted by Gasteiger charge is 2.18. The Labute approximate surface area is 119 Å². The van der Waals surface area contributed by atoms with Crippen molar-refractivity contribution in [2.45, 2.75) is 19.4 Å². The monoisotopic (exact) mass is 288 g/mol. The number of thiazole rings is 1. The molecule has 0 amide bonds. The van der Waals surface area contributed by atoms with E-state index in [1.54, 1.807) is 23.5 Å². The summed E-state index contributed by atoms with van der Waals surface area (Å²) >= 11 is 1.70. The fraction of sp³-hybridized carbons (Fsp3) is 0.286. The van der Waals surface area contributed by atoms with Crippen molar-refractivity contribution in [2.24, 2.45) is 0 Å². The SMILES string of the molecule is Fc1ccc(Cc2nc3sc4c(n3n2)CCNC4)cc1. The molecule has 1 aliphatic rings. The molecule has 4 rings (SSSR count). The molecule has 1 aromatic carbocycles. The first-order chi connectivity index (χ1) is 9.79. The summed E-state index contributed by atoms with van der Waals surface area (Å²) in [5.74, 6) is 0.582. The van der Waals surface area contributed by atoms with Crippen molar-refractivity contribution in [1.29, 1.82) is 0 Å². The molecule has 0 atom stereocenters. The number of fused-ring (bicyclic) bond motifs is 3. The molecule has 0 saturated heterocycles. The standard InChI is InChI=1S/C14H13FN4S/c15-10-3-1-9(2-4-10)7-13-17-14-19(18-13)11-5-6-16-8-12(11)20-14/h1-4,16H,5-8H2. The summed E-state index contributed by atoms with van der Waals surface area (Å²) < 4.78 is 14.9. The predicted molar refractivity (Wildman–Crippen MR) is 75.5 cm³/mol. The maximum Gasteiger partial charge on any atom is 0.212 e. The molecule has 1 aliphatic heterocycles. The van der Waals surface area contributed by atoms with Gasteiger partial charge >= 0.3 is 0 Å². The summed E-state index contributed by atoms with van der Waals surface area (Å²) in [4.78, 5) is 6.87. The molecule has 0 fully saturated rings. The Balaban J connectivity index is 1.67. The van der Waals surface area contributed by atoms with Crippen LogP contribution in [-0.2, 0) is 19.4 Å². The summed E-state index contributed by atoms with van der Waals surface area (Å²) in [5, 5.41) is 7.96. The van der Waals surface area contributed by atoms with Gasteiger partial charge in [-0.25, -0.2) is 13.9 Å². The molecule has 3 aromatic rings. The third-order valence-corrected chi connectivity index (χ3v) is 4.59. The molecule has 102 valence electrons. The lowest BCUT2D eigenvalue weighted by molar-refractivity contribution is 0.626. The molecular formula is C14H13FN4S. The smallest absolute Gasteiger partial charge is 0.212 e. The second-order valence-corrected chi connectivity index (χ2v) is 5.99. The Hall–Kier alpha value is -1.79. The highest BCUT2D eigenvalue weighted by Crippen LogP contribution is 2.24. The van der Waals surface area contributed by atoms with Crippen LogP contribution in [0.1, 0.15) is 22.0 Å². The number of aromatic nitrogens is 3. The highest BCUT2D eigenvalue weighted by molar-refractivity contribution is 7.17. The lowest BCUT2D eigenvalue weighted by atomic mass is 10.1. The quantitative estimate of drug-likeness (QED) is 0.786. The van der Waals surface area contributed by atoms with E-state index in [-0.39, 0.29) is 5.82 Å². The van der Waals surface area contributed by atoms with E-state index in [0.717, 1.165) is 35.9 Å². The highest BCUT2D eigenvalue weighted by atomic mass is 32.1. The van der Waals surface area contributed by atoms with Gasteiger partial charge in [0.2, 0.25) is 4.96 Å². The van der Waals surface area contributed by atoms with Crippen LogP contribution in [0.5, 0.6) is 0 Å². The molecule has 20 heavy (non-hydrogen) atoms. The first-order valence-electron chi connectivity index (χ1n) is 6.61. The van der Waals surface area contributed by atoms with Crippen LogP contribution in [0.2, 0.25) is 0 Å². The average molecular weight is 288 g/mol. The lowest BCUT2D eigenvalue weighted by Gasteiger charge is -2.11. The minimum absolute atomic E-state index is 0.214. The second kappa shape index (κ2) is 4.64. The van der Waals surface area contributed by atoms with Crippen LogP contribution in [0, 0.1) is 5.82 Å². The van der Waals surface area contributed by atoms with Crippen molar-refractivity contribution in [3.63, 3.8) is 0 Å². The van der Waals surface area contributed by atoms with Crippen LogP contribution in [-0.4, -0.2) is 21.1 Å². The molecule has 0 saturated carbocycles. The lowest BCUT2D eigenvalue weighted by Crippen LogP contribution is -2.23. The summed E-state index contributed by atoms with van der Waals surface area (Å²) in [7, 11) is 0. The zero-order valence-electron chi connectivity index (χ0n) is 10.8. The molecule has 0 aliphatic carbocycles. The van der Waals surface area contributed by atoms with Crippen molar-refractivity contribution >= 4 is 16.3 Å². The number of halogens is 1. The summed E-state index contributed by atoms with van der Waals surface area (Å²) in [6.07, 6.45) is 1.64. The van der Waals surface area contributed by atoms with E-state index in [0.29, 0.717) is 6.42 Å². The van der Waals surface area contributed by atoms with Gasteiger partial charge < -0.3 is 5.32 Å². The fourth-order valence-electron chi connectivity index (χ4n) is 2.52. The van der Waals surface area contributed by atoms with Gasteiger partial charge in [0.15, 0.2) is 5.82 Å². The Bertz CT molecular complexity index is 759. The van der Waals surface area contributed by atoms with Crippen LogP contribution in [0.25, 0.3) is 4.96 Å². The van der Waals surface area contributed by atoms with Crippen molar-refractivity contribution in [2.75, 3.05) is 6.54 Å². The average Bonchev–Trinajstić information content (AvgIpc) is 2.98. The largest absolute Gasteiger partial charge is 0.311 e. The van der Waals surface area contributed by atoms with Gasteiger partial charge in [0.25, 0.3) is 0 Å².